The molecule has 4 aromatic rings. The van der Waals surface area contributed by atoms with Crippen molar-refractivity contribution < 1.29 is 5.11 Å². The molecule has 0 bridgehead atoms. The fraction of sp³-hybridized carbons (Fsp3) is 0.261. The molecule has 2 aromatic heterocycles. The number of hydrogen-bond donors (Lipinski definition) is 2. The number of H-pyrrole nitrogens is 1. The summed E-state index contributed by atoms with van der Waals surface area (Å²) in [5.74, 6) is 0.658. The molecule has 0 saturated carbocycles. The van der Waals surface area contributed by atoms with Crippen LogP contribution in [0.25, 0.3) is 32.1 Å². The zero-order valence-electron chi connectivity index (χ0n) is 17.4. The fourth-order valence-corrected chi connectivity index (χ4v) is 4.80. The lowest BCUT2D eigenvalue weighted by Crippen LogP contribution is -2.18. The van der Waals surface area contributed by atoms with Gasteiger partial charge in [0.1, 0.15) is 10.4 Å². The lowest BCUT2D eigenvalue weighted by molar-refractivity contribution is 0.383. The van der Waals surface area contributed by atoms with E-state index in [4.69, 9.17) is 0 Å². The smallest absolute Gasteiger partial charge is 0.266 e. The third-order valence-electron chi connectivity index (χ3n) is 5.29. The van der Waals surface area contributed by atoms with Gasteiger partial charge in [0.25, 0.3) is 5.56 Å². The molecule has 30 heavy (non-hydrogen) atoms. The van der Waals surface area contributed by atoms with Gasteiger partial charge in [-0.3, -0.25) is 4.79 Å². The predicted octanol–water partition coefficient (Wildman–Crippen LogP) is 5.93. The van der Waals surface area contributed by atoms with Gasteiger partial charge in [0.05, 0.1) is 5.52 Å². The van der Waals surface area contributed by atoms with E-state index in [2.05, 4.69) is 55.2 Å². The van der Waals surface area contributed by atoms with Crippen LogP contribution in [0.4, 0.5) is 0 Å². The van der Waals surface area contributed by atoms with E-state index in [1.165, 1.54) is 16.9 Å². The second-order valence-corrected chi connectivity index (χ2v) is 8.66. The zero-order chi connectivity index (χ0) is 20.0. The maximum atomic E-state index is 12.4. The minimum absolute atomic E-state index is 0. The van der Waals surface area contributed by atoms with Crippen LogP contribution in [0.15, 0.2) is 46.6 Å². The number of aromatic nitrogens is 1. The Morgan fingerprint density at radius 1 is 1.13 bits per heavy atom. The lowest BCUT2D eigenvalue weighted by Gasteiger charge is -2.18. The number of rotatable bonds is 4. The number of hydrogen-bond acceptors (Lipinski definition) is 4. The van der Waals surface area contributed by atoms with Gasteiger partial charge in [-0.2, -0.15) is 0 Å². The molecule has 0 saturated heterocycles. The van der Waals surface area contributed by atoms with E-state index < -0.39 is 0 Å². The number of phenolic OH excluding ortho intramolecular Hbond substituents is 1. The molecule has 1 unspecified atom stereocenters. The van der Waals surface area contributed by atoms with Crippen LogP contribution in [-0.4, -0.2) is 35.6 Å². The number of halogens is 2. The number of nitrogens with zero attached hydrogens (tertiary/aromatic N) is 1. The van der Waals surface area contributed by atoms with Crippen LogP contribution in [0.1, 0.15) is 24.0 Å². The Hall–Kier alpha value is -2.05. The highest BCUT2D eigenvalue weighted by Crippen LogP contribution is 2.41. The van der Waals surface area contributed by atoms with Crippen molar-refractivity contribution in [2.75, 3.05) is 20.6 Å². The molecule has 2 aromatic carbocycles. The predicted molar refractivity (Wildman–Crippen MR) is 133 cm³/mol. The molecule has 0 fully saturated rings. The van der Waals surface area contributed by atoms with Crippen molar-refractivity contribution in [3.8, 4) is 16.9 Å². The van der Waals surface area contributed by atoms with Crippen LogP contribution in [0.2, 0.25) is 0 Å². The number of aromatic hydroxyl groups is 1. The number of aryl methyl sites for hydroxylation is 1. The van der Waals surface area contributed by atoms with Crippen molar-refractivity contribution in [2.24, 2.45) is 0 Å². The van der Waals surface area contributed by atoms with Gasteiger partial charge in [-0.05, 0) is 61.1 Å². The van der Waals surface area contributed by atoms with Gasteiger partial charge in [0.15, 0.2) is 0 Å². The number of pyridine rings is 1. The van der Waals surface area contributed by atoms with E-state index in [1.807, 2.05) is 18.4 Å². The first-order valence-electron chi connectivity index (χ1n) is 9.37. The number of likely N-dealkylation sites (N-methyl/N-ethyl adjacent to an activating group) is 1. The number of thiophene rings is 1. The largest absolute Gasteiger partial charge is 0.507 e. The minimum Gasteiger partial charge on any atom is -0.507 e. The van der Waals surface area contributed by atoms with E-state index in [1.54, 1.807) is 6.07 Å². The molecular formula is C23H26Cl2N2O2S. The van der Waals surface area contributed by atoms with Crippen LogP contribution in [0.5, 0.6) is 5.75 Å². The highest BCUT2D eigenvalue weighted by molar-refractivity contribution is 7.17. The third kappa shape index (κ3) is 4.21. The van der Waals surface area contributed by atoms with Gasteiger partial charge in [0.2, 0.25) is 0 Å². The van der Waals surface area contributed by atoms with Crippen molar-refractivity contribution in [3.05, 3.63) is 63.3 Å². The second kappa shape index (κ2) is 9.40. The average Bonchev–Trinajstić information content (AvgIpc) is 3.13. The molecule has 0 amide bonds. The molecule has 1 atom stereocenters. The van der Waals surface area contributed by atoms with Crippen molar-refractivity contribution >= 4 is 57.1 Å². The maximum absolute atomic E-state index is 12.4. The van der Waals surface area contributed by atoms with Crippen molar-refractivity contribution in [1.82, 2.24) is 9.88 Å². The van der Waals surface area contributed by atoms with E-state index in [0.717, 1.165) is 39.5 Å². The molecule has 2 N–H and O–H groups in total. The Kier molecular flexibility index (Phi) is 7.59. The molecule has 0 radical (unpaired) electrons. The minimum atomic E-state index is -0.0786. The molecule has 0 spiro atoms. The first-order valence-corrected chi connectivity index (χ1v) is 10.3. The van der Waals surface area contributed by atoms with E-state index in [-0.39, 0.29) is 36.1 Å². The number of fused-ring (bicyclic) bond motifs is 3. The summed E-state index contributed by atoms with van der Waals surface area (Å²) in [5, 5.41) is 14.5. The monoisotopic (exact) mass is 464 g/mol. The van der Waals surface area contributed by atoms with Gasteiger partial charge < -0.3 is 15.0 Å². The van der Waals surface area contributed by atoms with Crippen LogP contribution in [0, 0.1) is 6.92 Å². The van der Waals surface area contributed by atoms with Crippen LogP contribution in [-0.2, 0) is 0 Å². The van der Waals surface area contributed by atoms with Gasteiger partial charge >= 0.3 is 0 Å². The summed E-state index contributed by atoms with van der Waals surface area (Å²) in [6.07, 6.45) is 0. The Morgan fingerprint density at radius 2 is 1.80 bits per heavy atom. The third-order valence-corrected chi connectivity index (χ3v) is 6.20. The molecule has 4 rings (SSSR count). The number of nitrogens with one attached hydrogen (secondary N) is 1. The normalized spacial score (nSPS) is 12.0. The summed E-state index contributed by atoms with van der Waals surface area (Å²) in [6.45, 7) is 5.11. The molecule has 0 aliphatic heterocycles. The highest BCUT2D eigenvalue weighted by atomic mass is 35.5. The number of aromatic amines is 1. The lowest BCUT2D eigenvalue weighted by atomic mass is 9.93. The summed E-state index contributed by atoms with van der Waals surface area (Å²) in [4.78, 5) is 17.6. The summed E-state index contributed by atoms with van der Waals surface area (Å²) in [6, 6.07) is 12.1. The molecule has 160 valence electrons. The van der Waals surface area contributed by atoms with Gasteiger partial charge in [0, 0.05) is 22.9 Å². The quantitative estimate of drug-likeness (QED) is 0.393. The fourth-order valence-electron chi connectivity index (χ4n) is 4.01. The Balaban J connectivity index is 0.00000160. The summed E-state index contributed by atoms with van der Waals surface area (Å²) in [7, 11) is 4.16. The zero-order valence-corrected chi connectivity index (χ0v) is 19.8. The van der Waals surface area contributed by atoms with Gasteiger partial charge in [-0.15, -0.1) is 36.2 Å². The van der Waals surface area contributed by atoms with E-state index in [9.17, 15) is 9.90 Å². The SMILES string of the molecule is Cc1cc(O)c(-c2ccc(C(C)CN(C)C)cc2)c2c1[nH]c(=O)c1sccc12.Cl.Cl. The number of phenols is 1. The first-order chi connectivity index (χ1) is 13.4. The van der Waals surface area contributed by atoms with E-state index in [0.29, 0.717) is 10.6 Å². The van der Waals surface area contributed by atoms with Gasteiger partial charge in [-0.1, -0.05) is 31.2 Å². The first kappa shape index (κ1) is 24.2. The van der Waals surface area contributed by atoms with E-state index >= 15 is 0 Å². The van der Waals surface area contributed by atoms with Crippen molar-refractivity contribution in [1.29, 1.82) is 0 Å². The summed E-state index contributed by atoms with van der Waals surface area (Å²) >= 11 is 1.43. The molecule has 0 aliphatic carbocycles. The standard InChI is InChI=1S/C23H24N2O2S.2ClH/c1-13-11-18(26)19(16-7-5-15(6-8-16)14(2)12-25(3)4)20-17-9-10-28-22(17)23(27)24-21(13)20;;/h5-11,14,26H,12H2,1-4H3,(H,24,27);2*1H. The molecule has 2 heterocycles. The Labute approximate surface area is 192 Å². The van der Waals surface area contributed by atoms with Crippen LogP contribution in [0.3, 0.4) is 0 Å². The van der Waals surface area contributed by atoms with Crippen molar-refractivity contribution in [3.63, 3.8) is 0 Å². The highest BCUT2D eigenvalue weighted by Gasteiger charge is 2.17. The Morgan fingerprint density at radius 3 is 2.43 bits per heavy atom. The van der Waals surface area contributed by atoms with Crippen LogP contribution >= 0.6 is 36.2 Å². The van der Waals surface area contributed by atoms with Crippen LogP contribution < -0.4 is 5.56 Å². The Bertz CT molecular complexity index is 1230. The average molecular weight is 465 g/mol. The topological polar surface area (TPSA) is 56.3 Å². The van der Waals surface area contributed by atoms with Crippen molar-refractivity contribution in [2.45, 2.75) is 19.8 Å². The molecule has 7 heteroatoms. The summed E-state index contributed by atoms with van der Waals surface area (Å²) in [5.41, 5.74) is 4.55. The molecule has 0 aliphatic rings. The van der Waals surface area contributed by atoms with Gasteiger partial charge in [-0.25, -0.2) is 0 Å². The maximum Gasteiger partial charge on any atom is 0.266 e. The number of benzene rings is 2. The molecular weight excluding hydrogens is 439 g/mol. The second-order valence-electron chi connectivity index (χ2n) is 7.74. The molecule has 4 nitrogen and oxygen atoms in total. The summed E-state index contributed by atoms with van der Waals surface area (Å²) < 4.78 is 0.690.